The number of nitrogens with two attached hydrogens (primary N) is 1. The molecule has 5 heteroatoms. The minimum Gasteiger partial charge on any atom is -0.330 e. The van der Waals surface area contributed by atoms with Crippen LogP contribution in [0.1, 0.15) is 25.8 Å². The molecule has 92 valence electrons. The second-order valence-electron chi connectivity index (χ2n) is 5.27. The smallest absolute Gasteiger partial charge is 0.305 e. The number of nitro groups is 1. The summed E-state index contributed by atoms with van der Waals surface area (Å²) in [7, 11) is 0. The molecule has 0 radical (unpaired) electrons. The van der Waals surface area contributed by atoms with Crippen molar-refractivity contribution in [3.05, 3.63) is 39.7 Å². The van der Waals surface area contributed by atoms with E-state index < -0.39 is 16.4 Å². The van der Waals surface area contributed by atoms with Crippen LogP contribution < -0.4 is 5.73 Å². The van der Waals surface area contributed by atoms with Gasteiger partial charge in [0.15, 0.2) is 0 Å². The van der Waals surface area contributed by atoms with Gasteiger partial charge in [-0.05, 0) is 23.5 Å². The van der Waals surface area contributed by atoms with Crippen LogP contribution >= 0.6 is 0 Å². The van der Waals surface area contributed by atoms with E-state index in [0.29, 0.717) is 6.54 Å². The van der Waals surface area contributed by atoms with Gasteiger partial charge in [0.25, 0.3) is 0 Å². The van der Waals surface area contributed by atoms with E-state index in [2.05, 4.69) is 13.8 Å². The highest BCUT2D eigenvalue weighted by atomic mass is 19.1. The van der Waals surface area contributed by atoms with Gasteiger partial charge in [-0.25, -0.2) is 0 Å². The standard InChI is InChI=1S/C12H15FN2O2/c1-11(2)6-12(11,7-14)8-3-4-9(13)10(5-8)15(16)17/h3-5H,6-7,14H2,1-2H3. The molecule has 2 rings (SSSR count). The summed E-state index contributed by atoms with van der Waals surface area (Å²) >= 11 is 0. The molecule has 2 N–H and O–H groups in total. The van der Waals surface area contributed by atoms with Gasteiger partial charge in [0.2, 0.25) is 5.82 Å². The molecule has 4 nitrogen and oxygen atoms in total. The Balaban J connectivity index is 2.48. The molecule has 1 aliphatic rings. The Bertz CT molecular complexity index is 487. The van der Waals surface area contributed by atoms with Crippen LogP contribution in [-0.4, -0.2) is 11.5 Å². The summed E-state index contributed by atoms with van der Waals surface area (Å²) in [5.41, 5.74) is 5.84. The predicted molar refractivity (Wildman–Crippen MR) is 62.2 cm³/mol. The van der Waals surface area contributed by atoms with Crippen LogP contribution in [0.5, 0.6) is 0 Å². The molecular weight excluding hydrogens is 223 g/mol. The highest BCUT2D eigenvalue weighted by Crippen LogP contribution is 2.63. The number of nitro benzene ring substituents is 1. The second kappa shape index (κ2) is 3.50. The van der Waals surface area contributed by atoms with Gasteiger partial charge in [-0.3, -0.25) is 10.1 Å². The summed E-state index contributed by atoms with van der Waals surface area (Å²) in [5, 5.41) is 10.7. The lowest BCUT2D eigenvalue weighted by atomic mass is 9.88. The van der Waals surface area contributed by atoms with Gasteiger partial charge in [-0.2, -0.15) is 4.39 Å². The zero-order chi connectivity index (χ0) is 12.8. The van der Waals surface area contributed by atoms with E-state index in [0.717, 1.165) is 18.1 Å². The number of halogens is 1. The normalized spacial score (nSPS) is 25.6. The van der Waals surface area contributed by atoms with Crippen molar-refractivity contribution in [3.8, 4) is 0 Å². The van der Waals surface area contributed by atoms with E-state index in [9.17, 15) is 14.5 Å². The van der Waals surface area contributed by atoms with Crippen molar-refractivity contribution < 1.29 is 9.31 Å². The Morgan fingerprint density at radius 3 is 2.53 bits per heavy atom. The van der Waals surface area contributed by atoms with Crippen LogP contribution in [0.15, 0.2) is 18.2 Å². The fourth-order valence-corrected chi connectivity index (χ4v) is 2.62. The molecular formula is C12H15FN2O2. The molecule has 1 fully saturated rings. The lowest BCUT2D eigenvalue weighted by Gasteiger charge is -2.18. The zero-order valence-electron chi connectivity index (χ0n) is 9.87. The first-order chi connectivity index (χ1) is 7.84. The Hall–Kier alpha value is -1.49. The molecule has 0 aromatic heterocycles. The maximum atomic E-state index is 13.3. The minimum absolute atomic E-state index is 0.0213. The molecule has 0 spiro atoms. The third kappa shape index (κ3) is 1.61. The largest absolute Gasteiger partial charge is 0.330 e. The van der Waals surface area contributed by atoms with Crippen molar-refractivity contribution >= 4 is 5.69 Å². The summed E-state index contributed by atoms with van der Waals surface area (Å²) in [5.74, 6) is -0.802. The number of hydrogen-bond acceptors (Lipinski definition) is 3. The summed E-state index contributed by atoms with van der Waals surface area (Å²) < 4.78 is 13.3. The molecule has 0 bridgehead atoms. The first-order valence-electron chi connectivity index (χ1n) is 5.48. The Labute approximate surface area is 98.8 Å². The number of rotatable bonds is 3. The van der Waals surface area contributed by atoms with Gasteiger partial charge in [0, 0.05) is 18.0 Å². The van der Waals surface area contributed by atoms with Crippen LogP contribution in [0.25, 0.3) is 0 Å². The van der Waals surface area contributed by atoms with E-state index >= 15 is 0 Å². The van der Waals surface area contributed by atoms with Crippen molar-refractivity contribution in [2.45, 2.75) is 25.7 Å². The zero-order valence-corrected chi connectivity index (χ0v) is 9.87. The van der Waals surface area contributed by atoms with E-state index in [1.165, 1.54) is 6.07 Å². The maximum Gasteiger partial charge on any atom is 0.305 e. The predicted octanol–water partition coefficient (Wildman–Crippen LogP) is 2.36. The van der Waals surface area contributed by atoms with E-state index in [-0.39, 0.29) is 10.8 Å². The van der Waals surface area contributed by atoms with Crippen LogP contribution in [0.3, 0.4) is 0 Å². The summed E-state index contributed by atoms with van der Waals surface area (Å²) in [6, 6.07) is 4.07. The lowest BCUT2D eigenvalue weighted by Crippen LogP contribution is -2.25. The van der Waals surface area contributed by atoms with Crippen molar-refractivity contribution in [2.24, 2.45) is 11.1 Å². The van der Waals surface area contributed by atoms with Crippen LogP contribution in [0.2, 0.25) is 0 Å². The molecule has 1 aliphatic carbocycles. The molecule has 1 atom stereocenters. The third-order valence-electron chi connectivity index (χ3n) is 3.96. The fourth-order valence-electron chi connectivity index (χ4n) is 2.62. The molecule has 0 aliphatic heterocycles. The minimum atomic E-state index is -0.802. The van der Waals surface area contributed by atoms with Crippen molar-refractivity contribution in [2.75, 3.05) is 6.54 Å². The van der Waals surface area contributed by atoms with Gasteiger partial charge in [0.05, 0.1) is 4.92 Å². The lowest BCUT2D eigenvalue weighted by molar-refractivity contribution is -0.387. The quantitative estimate of drug-likeness (QED) is 0.649. The maximum absolute atomic E-state index is 13.3. The van der Waals surface area contributed by atoms with Gasteiger partial charge in [-0.15, -0.1) is 0 Å². The molecule has 17 heavy (non-hydrogen) atoms. The molecule has 0 heterocycles. The average Bonchev–Trinajstić information content (AvgIpc) is 2.82. The summed E-state index contributed by atoms with van der Waals surface area (Å²) in [4.78, 5) is 10.0. The molecule has 1 saturated carbocycles. The van der Waals surface area contributed by atoms with E-state index in [4.69, 9.17) is 5.73 Å². The highest BCUT2D eigenvalue weighted by Gasteiger charge is 2.61. The topological polar surface area (TPSA) is 69.2 Å². The monoisotopic (exact) mass is 238 g/mol. The van der Waals surface area contributed by atoms with E-state index in [1.807, 2.05) is 0 Å². The summed E-state index contributed by atoms with van der Waals surface area (Å²) in [6.45, 7) is 4.55. The SMILES string of the molecule is CC1(C)CC1(CN)c1ccc(F)c([N+](=O)[O-])c1. The average molecular weight is 238 g/mol. The van der Waals surface area contributed by atoms with E-state index in [1.54, 1.807) is 6.07 Å². The van der Waals surface area contributed by atoms with Crippen LogP contribution in [0, 0.1) is 21.3 Å². The highest BCUT2D eigenvalue weighted by molar-refractivity contribution is 5.45. The van der Waals surface area contributed by atoms with Gasteiger partial charge in [0.1, 0.15) is 0 Å². The fraction of sp³-hybridized carbons (Fsp3) is 0.500. The molecule has 1 unspecified atom stereocenters. The Morgan fingerprint density at radius 1 is 1.53 bits per heavy atom. The van der Waals surface area contributed by atoms with Crippen molar-refractivity contribution in [1.29, 1.82) is 0 Å². The number of benzene rings is 1. The van der Waals surface area contributed by atoms with Crippen LogP contribution in [-0.2, 0) is 5.41 Å². The Kier molecular flexibility index (Phi) is 2.47. The van der Waals surface area contributed by atoms with Crippen molar-refractivity contribution in [1.82, 2.24) is 0 Å². The van der Waals surface area contributed by atoms with Gasteiger partial charge >= 0.3 is 5.69 Å². The number of nitrogens with zero attached hydrogens (tertiary/aromatic N) is 1. The number of hydrogen-bond donors (Lipinski definition) is 1. The molecule has 0 saturated heterocycles. The molecule has 0 amide bonds. The molecule has 1 aromatic carbocycles. The van der Waals surface area contributed by atoms with Gasteiger partial charge in [-0.1, -0.05) is 19.9 Å². The van der Waals surface area contributed by atoms with Crippen LogP contribution in [0.4, 0.5) is 10.1 Å². The Morgan fingerprint density at radius 2 is 2.12 bits per heavy atom. The second-order valence-corrected chi connectivity index (χ2v) is 5.27. The first kappa shape index (κ1) is 12.0. The third-order valence-corrected chi connectivity index (χ3v) is 3.96. The first-order valence-corrected chi connectivity index (χ1v) is 5.48. The van der Waals surface area contributed by atoms with Crippen molar-refractivity contribution in [3.63, 3.8) is 0 Å². The molecule has 1 aromatic rings. The summed E-state index contributed by atoms with van der Waals surface area (Å²) in [6.07, 6.45) is 0.874. The van der Waals surface area contributed by atoms with Gasteiger partial charge < -0.3 is 5.73 Å².